The Kier molecular flexibility index (Phi) is 2.10. The molecule has 0 aromatic carbocycles. The van der Waals surface area contributed by atoms with Crippen molar-refractivity contribution < 1.29 is 0 Å². The Balaban J connectivity index is 2.53. The van der Waals surface area contributed by atoms with Gasteiger partial charge in [0.1, 0.15) is 10.4 Å². The van der Waals surface area contributed by atoms with Crippen LogP contribution in [0.5, 0.6) is 0 Å². The molecule has 5 heteroatoms. The molecule has 0 aliphatic rings. The second-order valence-electron chi connectivity index (χ2n) is 2.55. The van der Waals surface area contributed by atoms with Crippen molar-refractivity contribution in [1.29, 1.82) is 0 Å². The van der Waals surface area contributed by atoms with E-state index in [1.54, 1.807) is 10.9 Å². The van der Waals surface area contributed by atoms with Gasteiger partial charge in [0, 0.05) is 18.5 Å². The van der Waals surface area contributed by atoms with Crippen molar-refractivity contribution in [3.8, 4) is 5.82 Å². The predicted molar refractivity (Wildman–Crippen MR) is 51.6 cm³/mol. The average Bonchev–Trinajstić information content (AvgIpc) is 2.53. The van der Waals surface area contributed by atoms with E-state index in [2.05, 4.69) is 31.0 Å². The summed E-state index contributed by atoms with van der Waals surface area (Å²) in [5, 5.41) is 4.07. The Morgan fingerprint density at radius 1 is 1.38 bits per heavy atom. The van der Waals surface area contributed by atoms with Crippen molar-refractivity contribution in [3.63, 3.8) is 0 Å². The normalized spacial score (nSPS) is 10.3. The van der Waals surface area contributed by atoms with Gasteiger partial charge in [0.15, 0.2) is 5.82 Å². The molecule has 0 bridgehead atoms. The minimum Gasteiger partial charge on any atom is -0.226 e. The van der Waals surface area contributed by atoms with E-state index in [4.69, 9.17) is 0 Å². The van der Waals surface area contributed by atoms with Crippen LogP contribution in [0.3, 0.4) is 0 Å². The lowest BCUT2D eigenvalue weighted by Gasteiger charge is -2.01. The number of nitrogens with zero attached hydrogens (tertiary/aromatic N) is 4. The molecule has 0 saturated heterocycles. The average molecular weight is 239 g/mol. The van der Waals surface area contributed by atoms with Crippen LogP contribution in [0, 0.1) is 6.92 Å². The number of aryl methyl sites for hydroxylation is 1. The fourth-order valence-electron chi connectivity index (χ4n) is 1.04. The molecule has 0 saturated carbocycles. The smallest absolute Gasteiger partial charge is 0.158 e. The van der Waals surface area contributed by atoms with Crippen LogP contribution in [-0.2, 0) is 0 Å². The summed E-state index contributed by atoms with van der Waals surface area (Å²) in [4.78, 5) is 8.34. The maximum Gasteiger partial charge on any atom is 0.158 e. The highest BCUT2D eigenvalue weighted by molar-refractivity contribution is 9.10. The first-order valence-corrected chi connectivity index (χ1v) is 4.56. The molecule has 0 aliphatic carbocycles. The van der Waals surface area contributed by atoms with Gasteiger partial charge in [-0.25, -0.2) is 14.6 Å². The van der Waals surface area contributed by atoms with Crippen molar-refractivity contribution >= 4 is 15.9 Å². The molecule has 0 spiro atoms. The van der Waals surface area contributed by atoms with E-state index in [0.29, 0.717) is 0 Å². The number of halogens is 1. The lowest BCUT2D eigenvalue weighted by molar-refractivity contribution is 0.825. The molecule has 0 N–H and O–H groups in total. The summed E-state index contributed by atoms with van der Waals surface area (Å²) in [6, 6.07) is 3.67. The Morgan fingerprint density at radius 3 is 2.85 bits per heavy atom. The second kappa shape index (κ2) is 3.26. The topological polar surface area (TPSA) is 43.6 Å². The third-order valence-corrected chi connectivity index (χ3v) is 1.94. The van der Waals surface area contributed by atoms with Gasteiger partial charge in [-0.2, -0.15) is 5.10 Å². The number of aromatic nitrogens is 4. The van der Waals surface area contributed by atoms with E-state index >= 15 is 0 Å². The van der Waals surface area contributed by atoms with Gasteiger partial charge in [0.25, 0.3) is 0 Å². The van der Waals surface area contributed by atoms with Gasteiger partial charge in [0.2, 0.25) is 0 Å². The summed E-state index contributed by atoms with van der Waals surface area (Å²) in [5.74, 6) is 1.49. The number of hydrogen-bond acceptors (Lipinski definition) is 3. The van der Waals surface area contributed by atoms with Crippen LogP contribution < -0.4 is 0 Å². The first-order chi connectivity index (χ1) is 6.25. The van der Waals surface area contributed by atoms with Gasteiger partial charge in [-0.3, -0.25) is 0 Å². The van der Waals surface area contributed by atoms with Crippen molar-refractivity contribution in [3.05, 3.63) is 35.0 Å². The Morgan fingerprint density at radius 2 is 2.23 bits per heavy atom. The van der Waals surface area contributed by atoms with E-state index in [1.807, 2.05) is 25.3 Å². The molecule has 2 aromatic rings. The first-order valence-electron chi connectivity index (χ1n) is 3.77. The van der Waals surface area contributed by atoms with E-state index < -0.39 is 0 Å². The van der Waals surface area contributed by atoms with E-state index in [1.165, 1.54) is 0 Å². The molecule has 0 atom stereocenters. The molecule has 0 amide bonds. The molecule has 4 nitrogen and oxygen atoms in total. The van der Waals surface area contributed by atoms with Crippen LogP contribution in [0.1, 0.15) is 5.82 Å². The molecule has 2 rings (SSSR count). The highest BCUT2D eigenvalue weighted by Crippen LogP contribution is 2.10. The van der Waals surface area contributed by atoms with Gasteiger partial charge >= 0.3 is 0 Å². The third kappa shape index (κ3) is 1.75. The molecule has 0 fully saturated rings. The molecular formula is C8H7BrN4. The summed E-state index contributed by atoms with van der Waals surface area (Å²) >= 11 is 3.31. The zero-order valence-electron chi connectivity index (χ0n) is 6.98. The van der Waals surface area contributed by atoms with Crippen LogP contribution in [0.2, 0.25) is 0 Å². The van der Waals surface area contributed by atoms with Crippen LogP contribution in [0.15, 0.2) is 29.1 Å². The second-order valence-corrected chi connectivity index (χ2v) is 3.36. The van der Waals surface area contributed by atoms with Gasteiger partial charge in [0.05, 0.1) is 0 Å². The summed E-state index contributed by atoms with van der Waals surface area (Å²) in [5.41, 5.74) is 0. The fraction of sp³-hybridized carbons (Fsp3) is 0.125. The van der Waals surface area contributed by atoms with Crippen molar-refractivity contribution in [2.75, 3.05) is 0 Å². The van der Waals surface area contributed by atoms with Crippen molar-refractivity contribution in [1.82, 2.24) is 19.7 Å². The lowest BCUT2D eigenvalue weighted by atomic mass is 10.5. The molecule has 2 heterocycles. The molecule has 66 valence electrons. The zero-order chi connectivity index (χ0) is 9.26. The SMILES string of the molecule is Cc1nc(Br)cc(-n2cccn2)n1. The Labute approximate surface area is 83.8 Å². The molecule has 0 aliphatic heterocycles. The van der Waals surface area contributed by atoms with Gasteiger partial charge in [-0.05, 0) is 28.9 Å². The third-order valence-electron chi connectivity index (χ3n) is 1.53. The summed E-state index contributed by atoms with van der Waals surface area (Å²) in [7, 11) is 0. The van der Waals surface area contributed by atoms with Crippen LogP contribution in [0.4, 0.5) is 0 Å². The number of rotatable bonds is 1. The van der Waals surface area contributed by atoms with Gasteiger partial charge < -0.3 is 0 Å². The monoisotopic (exact) mass is 238 g/mol. The van der Waals surface area contributed by atoms with E-state index in [-0.39, 0.29) is 0 Å². The first kappa shape index (κ1) is 8.37. The maximum atomic E-state index is 4.24. The molecular weight excluding hydrogens is 232 g/mol. The summed E-state index contributed by atoms with van der Waals surface area (Å²) in [6.45, 7) is 1.84. The highest BCUT2D eigenvalue weighted by Gasteiger charge is 2.00. The highest BCUT2D eigenvalue weighted by atomic mass is 79.9. The van der Waals surface area contributed by atoms with Crippen molar-refractivity contribution in [2.24, 2.45) is 0 Å². The standard InChI is InChI=1S/C8H7BrN4/c1-6-11-7(9)5-8(12-6)13-4-2-3-10-13/h2-5H,1H3. The predicted octanol–water partition coefficient (Wildman–Crippen LogP) is 1.73. The molecule has 0 unspecified atom stereocenters. The Hall–Kier alpha value is -1.23. The van der Waals surface area contributed by atoms with E-state index in [0.717, 1.165) is 16.2 Å². The van der Waals surface area contributed by atoms with Crippen LogP contribution >= 0.6 is 15.9 Å². The largest absolute Gasteiger partial charge is 0.226 e. The van der Waals surface area contributed by atoms with Gasteiger partial charge in [-0.15, -0.1) is 0 Å². The molecule has 2 aromatic heterocycles. The minimum atomic E-state index is 0.722. The maximum absolute atomic E-state index is 4.24. The number of hydrogen-bond donors (Lipinski definition) is 0. The fourth-order valence-corrected chi connectivity index (χ4v) is 1.50. The quantitative estimate of drug-likeness (QED) is 0.712. The van der Waals surface area contributed by atoms with Crippen LogP contribution in [0.25, 0.3) is 5.82 Å². The zero-order valence-corrected chi connectivity index (χ0v) is 8.56. The lowest BCUT2D eigenvalue weighted by Crippen LogP contribution is -2.00. The minimum absolute atomic E-state index is 0.722. The van der Waals surface area contributed by atoms with E-state index in [9.17, 15) is 0 Å². The summed E-state index contributed by atoms with van der Waals surface area (Å²) < 4.78 is 2.46. The Bertz CT molecular complexity index is 390. The van der Waals surface area contributed by atoms with Crippen molar-refractivity contribution in [2.45, 2.75) is 6.92 Å². The van der Waals surface area contributed by atoms with Crippen LogP contribution in [-0.4, -0.2) is 19.7 Å². The summed E-state index contributed by atoms with van der Waals surface area (Å²) in [6.07, 6.45) is 3.56. The molecule has 13 heavy (non-hydrogen) atoms. The van der Waals surface area contributed by atoms with Gasteiger partial charge in [-0.1, -0.05) is 0 Å². The molecule has 0 radical (unpaired) electrons.